The zero-order valence-corrected chi connectivity index (χ0v) is 11.7. The molecule has 0 aliphatic carbocycles. The number of rotatable bonds is 2. The number of hydrogen-bond acceptors (Lipinski definition) is 4. The molecule has 1 unspecified atom stereocenters. The summed E-state index contributed by atoms with van der Waals surface area (Å²) in [5.74, 6) is 0. The molecule has 4 nitrogen and oxygen atoms in total. The van der Waals surface area contributed by atoms with Gasteiger partial charge >= 0.3 is 0 Å². The molecule has 1 atom stereocenters. The molecule has 98 valence electrons. The van der Waals surface area contributed by atoms with E-state index in [9.17, 15) is 0 Å². The Morgan fingerprint density at radius 3 is 2.61 bits per heavy atom. The van der Waals surface area contributed by atoms with Crippen LogP contribution in [0.3, 0.4) is 0 Å². The molecular formula is C14H21N3O. The van der Waals surface area contributed by atoms with Gasteiger partial charge in [0.15, 0.2) is 5.58 Å². The summed E-state index contributed by atoms with van der Waals surface area (Å²) < 4.78 is 5.76. The lowest BCUT2D eigenvalue weighted by molar-refractivity contribution is 0.319. The highest BCUT2D eigenvalue weighted by Crippen LogP contribution is 2.29. The molecule has 0 spiro atoms. The maximum absolute atomic E-state index is 5.76. The Labute approximate surface area is 108 Å². The molecule has 1 heterocycles. The number of anilines is 2. The van der Waals surface area contributed by atoms with E-state index in [-0.39, 0.29) is 5.41 Å². The minimum atomic E-state index is 0.161. The molecule has 0 aliphatic rings. The van der Waals surface area contributed by atoms with Gasteiger partial charge in [0.2, 0.25) is 0 Å². The average Bonchev–Trinajstić information content (AvgIpc) is 2.68. The van der Waals surface area contributed by atoms with Gasteiger partial charge in [-0.1, -0.05) is 20.8 Å². The Hall–Kier alpha value is -1.71. The standard InChI is InChI=1S/C14H21N3O/c1-9(14(2,3)4)17(5)13-16-11-7-6-10(15)8-12(11)18-13/h6-9H,15H2,1-5H3. The predicted octanol–water partition coefficient (Wildman–Crippen LogP) is 3.28. The third kappa shape index (κ3) is 2.28. The van der Waals surface area contributed by atoms with E-state index in [4.69, 9.17) is 10.2 Å². The lowest BCUT2D eigenvalue weighted by Gasteiger charge is -2.34. The van der Waals surface area contributed by atoms with Crippen molar-refractivity contribution < 1.29 is 4.42 Å². The van der Waals surface area contributed by atoms with E-state index in [0.29, 0.717) is 17.7 Å². The van der Waals surface area contributed by atoms with E-state index in [1.165, 1.54) is 0 Å². The Morgan fingerprint density at radius 2 is 2.00 bits per heavy atom. The summed E-state index contributed by atoms with van der Waals surface area (Å²) in [6.07, 6.45) is 0. The molecular weight excluding hydrogens is 226 g/mol. The minimum Gasteiger partial charge on any atom is -0.423 e. The van der Waals surface area contributed by atoms with Crippen molar-refractivity contribution in [2.24, 2.45) is 5.41 Å². The van der Waals surface area contributed by atoms with Crippen LogP contribution in [0, 0.1) is 5.41 Å². The Morgan fingerprint density at radius 1 is 1.33 bits per heavy atom. The maximum atomic E-state index is 5.76. The summed E-state index contributed by atoms with van der Waals surface area (Å²) in [6.45, 7) is 8.78. The van der Waals surface area contributed by atoms with E-state index in [2.05, 4.69) is 37.6 Å². The lowest BCUT2D eigenvalue weighted by atomic mass is 9.87. The van der Waals surface area contributed by atoms with Crippen molar-refractivity contribution in [3.8, 4) is 0 Å². The second-order valence-electron chi connectivity index (χ2n) is 5.88. The van der Waals surface area contributed by atoms with Crippen LogP contribution in [0.2, 0.25) is 0 Å². The van der Waals surface area contributed by atoms with Gasteiger partial charge in [-0.25, -0.2) is 0 Å². The van der Waals surface area contributed by atoms with Crippen LogP contribution in [0.15, 0.2) is 22.6 Å². The first-order valence-corrected chi connectivity index (χ1v) is 6.18. The smallest absolute Gasteiger partial charge is 0.298 e. The first-order chi connectivity index (χ1) is 8.29. The largest absolute Gasteiger partial charge is 0.423 e. The first-order valence-electron chi connectivity index (χ1n) is 6.18. The molecule has 2 rings (SSSR count). The Balaban J connectivity index is 2.36. The third-order valence-corrected chi connectivity index (χ3v) is 3.54. The lowest BCUT2D eigenvalue weighted by Crippen LogP contribution is -2.39. The summed E-state index contributed by atoms with van der Waals surface area (Å²) in [5.41, 5.74) is 8.16. The van der Waals surface area contributed by atoms with Gasteiger partial charge in [-0.05, 0) is 24.5 Å². The van der Waals surface area contributed by atoms with Gasteiger partial charge in [0.05, 0.1) is 0 Å². The van der Waals surface area contributed by atoms with Gasteiger partial charge in [0.25, 0.3) is 6.01 Å². The van der Waals surface area contributed by atoms with Gasteiger partial charge in [0, 0.05) is 24.8 Å². The topological polar surface area (TPSA) is 55.3 Å². The van der Waals surface area contributed by atoms with Crippen LogP contribution in [-0.4, -0.2) is 18.1 Å². The van der Waals surface area contributed by atoms with Crippen molar-refractivity contribution in [2.75, 3.05) is 17.7 Å². The van der Waals surface area contributed by atoms with Crippen molar-refractivity contribution >= 4 is 22.8 Å². The number of aromatic nitrogens is 1. The molecule has 0 saturated carbocycles. The number of fused-ring (bicyclic) bond motifs is 1. The van der Waals surface area contributed by atoms with Crippen LogP contribution in [0.1, 0.15) is 27.7 Å². The quantitative estimate of drug-likeness (QED) is 0.827. The fourth-order valence-corrected chi connectivity index (χ4v) is 1.83. The molecule has 2 aromatic rings. The fourth-order valence-electron chi connectivity index (χ4n) is 1.83. The maximum Gasteiger partial charge on any atom is 0.298 e. The summed E-state index contributed by atoms with van der Waals surface area (Å²) in [5, 5.41) is 0. The molecule has 4 heteroatoms. The number of nitrogens with zero attached hydrogens (tertiary/aromatic N) is 2. The number of hydrogen-bond donors (Lipinski definition) is 1. The van der Waals surface area contributed by atoms with E-state index in [1.807, 2.05) is 19.2 Å². The van der Waals surface area contributed by atoms with Crippen molar-refractivity contribution in [3.63, 3.8) is 0 Å². The van der Waals surface area contributed by atoms with Gasteiger partial charge in [-0.2, -0.15) is 4.98 Å². The van der Waals surface area contributed by atoms with Gasteiger partial charge < -0.3 is 15.1 Å². The monoisotopic (exact) mass is 247 g/mol. The first kappa shape index (κ1) is 12.7. The number of benzene rings is 1. The predicted molar refractivity (Wildman–Crippen MR) is 75.7 cm³/mol. The van der Waals surface area contributed by atoms with Crippen LogP contribution in [0.25, 0.3) is 11.1 Å². The Kier molecular flexibility index (Phi) is 2.97. The molecule has 0 bridgehead atoms. The zero-order valence-electron chi connectivity index (χ0n) is 11.7. The third-order valence-electron chi connectivity index (χ3n) is 3.54. The van der Waals surface area contributed by atoms with Crippen LogP contribution >= 0.6 is 0 Å². The molecule has 18 heavy (non-hydrogen) atoms. The molecule has 0 aliphatic heterocycles. The molecule has 0 amide bonds. The number of nitrogens with two attached hydrogens (primary N) is 1. The number of oxazole rings is 1. The highest BCUT2D eigenvalue weighted by atomic mass is 16.4. The molecule has 2 N–H and O–H groups in total. The van der Waals surface area contributed by atoms with Crippen LogP contribution in [-0.2, 0) is 0 Å². The van der Waals surface area contributed by atoms with E-state index < -0.39 is 0 Å². The van der Waals surface area contributed by atoms with Crippen molar-refractivity contribution in [2.45, 2.75) is 33.7 Å². The van der Waals surface area contributed by atoms with Crippen LogP contribution < -0.4 is 10.6 Å². The fraction of sp³-hybridized carbons (Fsp3) is 0.500. The average molecular weight is 247 g/mol. The molecule has 1 aromatic heterocycles. The molecule has 0 fully saturated rings. The van der Waals surface area contributed by atoms with Crippen LogP contribution in [0.4, 0.5) is 11.7 Å². The molecule has 1 aromatic carbocycles. The van der Waals surface area contributed by atoms with E-state index in [0.717, 1.165) is 11.1 Å². The number of nitrogen functional groups attached to an aromatic ring is 1. The summed E-state index contributed by atoms with van der Waals surface area (Å²) in [6, 6.07) is 6.48. The SMILES string of the molecule is CC(N(C)c1nc2ccc(N)cc2o1)C(C)(C)C. The highest BCUT2D eigenvalue weighted by molar-refractivity contribution is 5.78. The normalized spacial score (nSPS) is 13.8. The van der Waals surface area contributed by atoms with E-state index in [1.54, 1.807) is 6.07 Å². The second-order valence-corrected chi connectivity index (χ2v) is 5.88. The zero-order chi connectivity index (χ0) is 13.5. The molecule has 0 radical (unpaired) electrons. The second kappa shape index (κ2) is 4.19. The highest BCUT2D eigenvalue weighted by Gasteiger charge is 2.26. The van der Waals surface area contributed by atoms with Gasteiger partial charge in [0.1, 0.15) is 5.52 Å². The van der Waals surface area contributed by atoms with Gasteiger partial charge in [-0.3, -0.25) is 0 Å². The van der Waals surface area contributed by atoms with Gasteiger partial charge in [-0.15, -0.1) is 0 Å². The molecule has 0 saturated heterocycles. The van der Waals surface area contributed by atoms with Crippen molar-refractivity contribution in [1.29, 1.82) is 0 Å². The minimum absolute atomic E-state index is 0.161. The van der Waals surface area contributed by atoms with Crippen molar-refractivity contribution in [3.05, 3.63) is 18.2 Å². The van der Waals surface area contributed by atoms with E-state index >= 15 is 0 Å². The summed E-state index contributed by atoms with van der Waals surface area (Å²) in [7, 11) is 2.00. The van der Waals surface area contributed by atoms with Crippen LogP contribution in [0.5, 0.6) is 0 Å². The van der Waals surface area contributed by atoms with Crippen molar-refractivity contribution in [1.82, 2.24) is 4.98 Å². The summed E-state index contributed by atoms with van der Waals surface area (Å²) >= 11 is 0. The Bertz CT molecular complexity index is 554. The summed E-state index contributed by atoms with van der Waals surface area (Å²) in [4.78, 5) is 6.56.